The van der Waals surface area contributed by atoms with Crippen LogP contribution in [0.2, 0.25) is 0 Å². The first-order valence-electron chi connectivity index (χ1n) is 11.5. The Bertz CT molecular complexity index is 1520. The summed E-state index contributed by atoms with van der Waals surface area (Å²) < 4.78 is 12.0. The number of hydrogen-bond acceptors (Lipinski definition) is 6. The van der Waals surface area contributed by atoms with Crippen LogP contribution in [0, 0.1) is 27.7 Å². The summed E-state index contributed by atoms with van der Waals surface area (Å²) in [5.41, 5.74) is 5.72. The van der Waals surface area contributed by atoms with Crippen molar-refractivity contribution in [3.63, 3.8) is 0 Å². The van der Waals surface area contributed by atoms with Gasteiger partial charge in [-0.3, -0.25) is 9.59 Å². The van der Waals surface area contributed by atoms with Gasteiger partial charge in [-0.2, -0.15) is 9.78 Å². The van der Waals surface area contributed by atoms with Crippen molar-refractivity contribution in [1.29, 1.82) is 0 Å². The van der Waals surface area contributed by atoms with Crippen LogP contribution >= 0.6 is 0 Å². The van der Waals surface area contributed by atoms with Gasteiger partial charge < -0.3 is 14.8 Å². The second-order valence-corrected chi connectivity index (χ2v) is 8.68. The van der Waals surface area contributed by atoms with Crippen LogP contribution in [0.15, 0.2) is 48.5 Å². The van der Waals surface area contributed by atoms with Crippen LogP contribution < -0.4 is 14.8 Å². The van der Waals surface area contributed by atoms with Crippen LogP contribution in [-0.4, -0.2) is 33.8 Å². The summed E-state index contributed by atoms with van der Waals surface area (Å²) in [6, 6.07) is 13.0. The number of carbonyl (C=O) groups excluding carboxylic acids is 2. The Labute approximate surface area is 209 Å². The van der Waals surface area contributed by atoms with Crippen molar-refractivity contribution in [2.24, 2.45) is 0 Å². The molecule has 4 aromatic rings. The van der Waals surface area contributed by atoms with Crippen LogP contribution in [0.25, 0.3) is 22.8 Å². The van der Waals surface area contributed by atoms with E-state index in [1.807, 2.05) is 26.8 Å². The molecule has 0 spiro atoms. The van der Waals surface area contributed by atoms with E-state index in [4.69, 9.17) is 14.5 Å². The van der Waals surface area contributed by atoms with E-state index >= 15 is 0 Å². The average molecular weight is 485 g/mol. The largest absolute Gasteiger partial charge is 0.493 e. The first-order chi connectivity index (χ1) is 17.1. The predicted molar refractivity (Wildman–Crippen MR) is 140 cm³/mol. The molecule has 2 heterocycles. The Hall–Kier alpha value is -4.46. The highest BCUT2D eigenvalue weighted by Gasteiger charge is 2.14. The molecule has 0 atom stereocenters. The van der Waals surface area contributed by atoms with Crippen molar-refractivity contribution < 1.29 is 19.1 Å². The van der Waals surface area contributed by atoms with Gasteiger partial charge in [-0.15, -0.1) is 0 Å². The molecule has 0 fully saturated rings. The van der Waals surface area contributed by atoms with Crippen molar-refractivity contribution in [3.05, 3.63) is 76.5 Å². The molecule has 0 unspecified atom stereocenters. The van der Waals surface area contributed by atoms with Gasteiger partial charge in [0.05, 0.1) is 18.3 Å². The van der Waals surface area contributed by atoms with Crippen molar-refractivity contribution in [2.45, 2.75) is 34.6 Å². The molecular formula is C28H28N4O4. The molecule has 4 rings (SSSR count). The first kappa shape index (κ1) is 24.7. The molecule has 0 radical (unpaired) electrons. The lowest BCUT2D eigenvalue weighted by atomic mass is 10.0. The number of anilines is 1. The maximum atomic E-state index is 12.8. The van der Waals surface area contributed by atoms with Gasteiger partial charge in [0.2, 0.25) is 5.91 Å². The van der Waals surface area contributed by atoms with Crippen LogP contribution in [0.4, 0.5) is 5.82 Å². The van der Waals surface area contributed by atoms with Crippen LogP contribution in [0.5, 0.6) is 11.5 Å². The number of esters is 1. The summed E-state index contributed by atoms with van der Waals surface area (Å²) in [6.45, 7) is 9.34. The number of benzene rings is 2. The van der Waals surface area contributed by atoms with Crippen LogP contribution in [0.3, 0.4) is 0 Å². The molecule has 1 N–H and O–H groups in total. The normalized spacial score (nSPS) is 11.2. The number of carbonyl (C=O) groups is 2. The van der Waals surface area contributed by atoms with Gasteiger partial charge in [0.15, 0.2) is 17.3 Å². The van der Waals surface area contributed by atoms with Gasteiger partial charge in [0.25, 0.3) is 0 Å². The number of hydrogen-bond donors (Lipinski definition) is 1. The number of methoxy groups -OCH3 is 1. The highest BCUT2D eigenvalue weighted by Crippen LogP contribution is 2.29. The predicted octanol–water partition coefficient (Wildman–Crippen LogP) is 5.24. The molecule has 0 saturated carbocycles. The van der Waals surface area contributed by atoms with Gasteiger partial charge in [0.1, 0.15) is 5.82 Å². The lowest BCUT2D eigenvalue weighted by Crippen LogP contribution is -2.13. The molecule has 2 aromatic heterocycles. The molecule has 0 aliphatic carbocycles. The summed E-state index contributed by atoms with van der Waals surface area (Å²) >= 11 is 0. The molecule has 36 heavy (non-hydrogen) atoms. The minimum absolute atomic E-state index is 0.314. The number of amides is 1. The lowest BCUT2D eigenvalue weighted by molar-refractivity contribution is -0.132. The minimum atomic E-state index is -0.441. The van der Waals surface area contributed by atoms with Crippen molar-refractivity contribution in [3.8, 4) is 17.3 Å². The number of pyridine rings is 1. The fourth-order valence-corrected chi connectivity index (χ4v) is 4.07. The highest BCUT2D eigenvalue weighted by atomic mass is 16.6. The minimum Gasteiger partial charge on any atom is -0.493 e. The number of nitrogens with one attached hydrogen (secondary N) is 1. The summed E-state index contributed by atoms with van der Waals surface area (Å²) in [7, 11) is 1.48. The maximum Gasteiger partial charge on any atom is 0.308 e. The Kier molecular flexibility index (Phi) is 6.87. The van der Waals surface area contributed by atoms with E-state index in [0.717, 1.165) is 27.7 Å². The second-order valence-electron chi connectivity index (χ2n) is 8.68. The second kappa shape index (κ2) is 10.0. The summed E-state index contributed by atoms with van der Waals surface area (Å²) in [5, 5.41) is 8.55. The highest BCUT2D eigenvalue weighted by molar-refractivity contribution is 6.01. The summed E-state index contributed by atoms with van der Waals surface area (Å²) in [6.07, 6.45) is 3.06. The Morgan fingerprint density at radius 2 is 1.75 bits per heavy atom. The quantitative estimate of drug-likeness (QED) is 0.228. The Morgan fingerprint density at radius 3 is 2.47 bits per heavy atom. The summed E-state index contributed by atoms with van der Waals surface area (Å²) in [5.74, 6) is 1.08. The number of ether oxygens (including phenoxy) is 2. The zero-order valence-corrected chi connectivity index (χ0v) is 21.2. The van der Waals surface area contributed by atoms with E-state index in [0.29, 0.717) is 28.7 Å². The lowest BCUT2D eigenvalue weighted by Gasteiger charge is -2.12. The van der Waals surface area contributed by atoms with E-state index < -0.39 is 5.97 Å². The molecule has 0 aliphatic rings. The van der Waals surface area contributed by atoms with Gasteiger partial charge in [-0.05, 0) is 74.7 Å². The third kappa shape index (κ3) is 5.27. The van der Waals surface area contributed by atoms with Gasteiger partial charge in [-0.1, -0.05) is 17.7 Å². The van der Waals surface area contributed by atoms with Crippen molar-refractivity contribution in [1.82, 2.24) is 14.8 Å². The van der Waals surface area contributed by atoms with E-state index in [-0.39, 0.29) is 5.91 Å². The van der Waals surface area contributed by atoms with Gasteiger partial charge >= 0.3 is 5.97 Å². The number of aryl methyl sites for hydroxylation is 4. The van der Waals surface area contributed by atoms with Gasteiger partial charge in [-0.25, -0.2) is 4.98 Å². The molecule has 0 aliphatic heterocycles. The standard InChI is InChI=1S/C28H28N4O4/c1-16-11-18(3)28-22(12-16)17(2)13-25(30-28)32-26(14-19(4)31-32)29-27(34)10-8-21-7-9-23(36-20(5)33)24(15-21)35-6/h7-15H,1-6H3,(H,29,34)/b10-8+. The topological polar surface area (TPSA) is 95.3 Å². The summed E-state index contributed by atoms with van der Waals surface area (Å²) in [4.78, 5) is 28.9. The number of rotatable bonds is 6. The molecule has 0 saturated heterocycles. The third-order valence-corrected chi connectivity index (χ3v) is 5.61. The third-order valence-electron chi connectivity index (χ3n) is 5.61. The number of nitrogens with zero attached hydrogens (tertiary/aromatic N) is 3. The molecule has 184 valence electrons. The Balaban J connectivity index is 1.59. The van der Waals surface area contributed by atoms with E-state index in [9.17, 15) is 9.59 Å². The zero-order chi connectivity index (χ0) is 26.0. The number of aromatic nitrogens is 3. The van der Waals surface area contributed by atoms with E-state index in [1.54, 1.807) is 35.0 Å². The zero-order valence-electron chi connectivity index (χ0n) is 21.2. The van der Waals surface area contributed by atoms with E-state index in [1.165, 1.54) is 25.7 Å². The molecule has 1 amide bonds. The Morgan fingerprint density at radius 1 is 0.972 bits per heavy atom. The van der Waals surface area contributed by atoms with Gasteiger partial charge in [0, 0.05) is 24.5 Å². The maximum absolute atomic E-state index is 12.8. The average Bonchev–Trinajstić information content (AvgIpc) is 3.18. The first-order valence-corrected chi connectivity index (χ1v) is 11.5. The fourth-order valence-electron chi connectivity index (χ4n) is 4.07. The van der Waals surface area contributed by atoms with Crippen LogP contribution in [-0.2, 0) is 9.59 Å². The van der Waals surface area contributed by atoms with Crippen molar-refractivity contribution in [2.75, 3.05) is 12.4 Å². The smallest absolute Gasteiger partial charge is 0.308 e. The number of fused-ring (bicyclic) bond motifs is 1. The SMILES string of the molecule is COc1cc(/C=C/C(=O)Nc2cc(C)nn2-c2cc(C)c3cc(C)cc(C)c3n2)ccc1OC(C)=O. The monoisotopic (exact) mass is 484 g/mol. The fraction of sp³-hybridized carbons (Fsp3) is 0.214. The van der Waals surface area contributed by atoms with Crippen LogP contribution in [0.1, 0.15) is 34.9 Å². The molecular weight excluding hydrogens is 456 g/mol. The molecule has 0 bridgehead atoms. The van der Waals surface area contributed by atoms with E-state index in [2.05, 4.69) is 29.5 Å². The molecule has 2 aromatic carbocycles. The van der Waals surface area contributed by atoms with Crippen molar-refractivity contribution >= 4 is 34.7 Å². The molecule has 8 nitrogen and oxygen atoms in total. The molecule has 8 heteroatoms.